The number of unbranched alkanes of at least 4 members (excludes halogenated alkanes) is 5. The van der Waals surface area contributed by atoms with Crippen molar-refractivity contribution < 1.29 is 13.9 Å². The van der Waals surface area contributed by atoms with E-state index in [2.05, 4.69) is 22.9 Å². The quantitative estimate of drug-likeness (QED) is 0.489. The summed E-state index contributed by atoms with van der Waals surface area (Å²) in [5.41, 5.74) is 0.242. The number of hydrogen-bond donors (Lipinski definition) is 0. The van der Waals surface area contributed by atoms with Crippen LogP contribution in [0.4, 0.5) is 4.39 Å². The van der Waals surface area contributed by atoms with Gasteiger partial charge >= 0.3 is 5.97 Å². The Balaban J connectivity index is 2.26. The molecule has 19 heavy (non-hydrogen) atoms. The Morgan fingerprint density at radius 2 is 1.89 bits per heavy atom. The van der Waals surface area contributed by atoms with Crippen LogP contribution in [0.3, 0.4) is 0 Å². The minimum Gasteiger partial charge on any atom is -0.462 e. The predicted molar refractivity (Wildman–Crippen MR) is 77.8 cm³/mol. The maximum absolute atomic E-state index is 13.0. The highest BCUT2D eigenvalue weighted by molar-refractivity contribution is 9.10. The number of ether oxygens (including phenoxy) is 1. The third-order valence-electron chi connectivity index (χ3n) is 2.88. The summed E-state index contributed by atoms with van der Waals surface area (Å²) in [6.45, 7) is 2.58. The number of esters is 1. The summed E-state index contributed by atoms with van der Waals surface area (Å²) in [7, 11) is 0. The first-order chi connectivity index (χ1) is 9.15. The molecule has 2 nitrogen and oxygen atoms in total. The van der Waals surface area contributed by atoms with Crippen molar-refractivity contribution in [3.8, 4) is 0 Å². The van der Waals surface area contributed by atoms with Gasteiger partial charge in [-0.2, -0.15) is 0 Å². The standard InChI is InChI=1S/C15H20BrFO2/c1-2-3-4-5-6-7-10-19-15(18)13-11-12(17)8-9-14(13)16/h8-9,11H,2-7,10H2,1H3. The average Bonchev–Trinajstić information content (AvgIpc) is 2.40. The zero-order chi connectivity index (χ0) is 14.1. The summed E-state index contributed by atoms with van der Waals surface area (Å²) in [6, 6.07) is 4.00. The van der Waals surface area contributed by atoms with Gasteiger partial charge in [-0.1, -0.05) is 39.0 Å². The van der Waals surface area contributed by atoms with Crippen LogP contribution in [0.5, 0.6) is 0 Å². The van der Waals surface area contributed by atoms with Crippen LogP contribution >= 0.6 is 15.9 Å². The first kappa shape index (κ1) is 16.2. The van der Waals surface area contributed by atoms with Crippen LogP contribution in [0.15, 0.2) is 22.7 Å². The Kier molecular flexibility index (Phi) is 7.72. The fourth-order valence-electron chi connectivity index (χ4n) is 1.78. The Labute approximate surface area is 122 Å². The Morgan fingerprint density at radius 3 is 2.63 bits per heavy atom. The second-order valence-electron chi connectivity index (χ2n) is 4.53. The van der Waals surface area contributed by atoms with Crippen molar-refractivity contribution in [2.24, 2.45) is 0 Å². The van der Waals surface area contributed by atoms with Crippen LogP contribution in [-0.4, -0.2) is 12.6 Å². The molecule has 0 aliphatic rings. The van der Waals surface area contributed by atoms with E-state index in [0.717, 1.165) is 12.8 Å². The summed E-state index contributed by atoms with van der Waals surface area (Å²) in [6.07, 6.45) is 6.83. The number of carbonyl (C=O) groups is 1. The lowest BCUT2D eigenvalue weighted by Gasteiger charge is -2.06. The fourth-order valence-corrected chi connectivity index (χ4v) is 2.19. The van der Waals surface area contributed by atoms with Gasteiger partial charge in [-0.05, 0) is 40.5 Å². The highest BCUT2D eigenvalue weighted by atomic mass is 79.9. The van der Waals surface area contributed by atoms with Gasteiger partial charge in [0.25, 0.3) is 0 Å². The normalized spacial score (nSPS) is 10.5. The lowest BCUT2D eigenvalue weighted by Crippen LogP contribution is -2.07. The van der Waals surface area contributed by atoms with Crippen molar-refractivity contribution in [2.45, 2.75) is 45.4 Å². The van der Waals surface area contributed by atoms with Gasteiger partial charge in [-0.25, -0.2) is 9.18 Å². The topological polar surface area (TPSA) is 26.3 Å². The summed E-state index contributed by atoms with van der Waals surface area (Å²) < 4.78 is 18.7. The van der Waals surface area contributed by atoms with Crippen molar-refractivity contribution >= 4 is 21.9 Å². The average molecular weight is 331 g/mol. The van der Waals surface area contributed by atoms with E-state index in [1.165, 1.54) is 43.9 Å². The number of halogens is 2. The molecule has 106 valence electrons. The van der Waals surface area contributed by atoms with Crippen LogP contribution in [-0.2, 0) is 4.74 Å². The monoisotopic (exact) mass is 330 g/mol. The summed E-state index contributed by atoms with van der Waals surface area (Å²) in [5.74, 6) is -0.908. The van der Waals surface area contributed by atoms with Crippen LogP contribution in [0.25, 0.3) is 0 Å². The maximum Gasteiger partial charge on any atom is 0.339 e. The number of rotatable bonds is 8. The van der Waals surface area contributed by atoms with E-state index in [1.807, 2.05) is 0 Å². The lowest BCUT2D eigenvalue weighted by molar-refractivity contribution is 0.0496. The lowest BCUT2D eigenvalue weighted by atomic mass is 10.1. The summed E-state index contributed by atoms with van der Waals surface area (Å²) >= 11 is 3.21. The molecule has 0 aliphatic carbocycles. The third-order valence-corrected chi connectivity index (χ3v) is 3.57. The number of hydrogen-bond acceptors (Lipinski definition) is 2. The van der Waals surface area contributed by atoms with Crippen molar-refractivity contribution in [1.29, 1.82) is 0 Å². The molecule has 0 saturated heterocycles. The largest absolute Gasteiger partial charge is 0.462 e. The molecule has 0 aromatic heterocycles. The molecule has 0 heterocycles. The molecule has 1 rings (SSSR count). The molecule has 0 atom stereocenters. The zero-order valence-corrected chi connectivity index (χ0v) is 12.8. The molecule has 0 bridgehead atoms. The first-order valence-electron chi connectivity index (χ1n) is 6.77. The smallest absolute Gasteiger partial charge is 0.339 e. The molecule has 0 amide bonds. The predicted octanol–water partition coefficient (Wildman–Crippen LogP) is 5.11. The van der Waals surface area contributed by atoms with Crippen LogP contribution in [0.2, 0.25) is 0 Å². The Hall–Kier alpha value is -0.900. The minimum absolute atomic E-state index is 0.242. The van der Waals surface area contributed by atoms with E-state index in [1.54, 1.807) is 0 Å². The molecule has 0 aliphatic heterocycles. The van der Waals surface area contributed by atoms with Crippen LogP contribution in [0.1, 0.15) is 55.8 Å². The van der Waals surface area contributed by atoms with Gasteiger partial charge in [0.2, 0.25) is 0 Å². The van der Waals surface area contributed by atoms with E-state index < -0.39 is 11.8 Å². The van der Waals surface area contributed by atoms with Crippen molar-refractivity contribution in [3.05, 3.63) is 34.1 Å². The highest BCUT2D eigenvalue weighted by Crippen LogP contribution is 2.19. The molecule has 1 aromatic rings. The molecule has 0 spiro atoms. The Bertz CT molecular complexity index is 407. The molecule has 1 aromatic carbocycles. The zero-order valence-electron chi connectivity index (χ0n) is 11.3. The van der Waals surface area contributed by atoms with E-state index in [4.69, 9.17) is 4.74 Å². The number of carbonyl (C=O) groups excluding carboxylic acids is 1. The van der Waals surface area contributed by atoms with E-state index >= 15 is 0 Å². The molecular weight excluding hydrogens is 311 g/mol. The third kappa shape index (κ3) is 6.19. The van der Waals surface area contributed by atoms with Gasteiger partial charge in [0.1, 0.15) is 5.82 Å². The molecule has 0 radical (unpaired) electrons. The molecule has 0 saturated carbocycles. The first-order valence-corrected chi connectivity index (χ1v) is 7.56. The fraction of sp³-hybridized carbons (Fsp3) is 0.533. The van der Waals surface area contributed by atoms with Gasteiger partial charge in [-0.15, -0.1) is 0 Å². The van der Waals surface area contributed by atoms with Crippen molar-refractivity contribution in [1.82, 2.24) is 0 Å². The maximum atomic E-state index is 13.0. The van der Waals surface area contributed by atoms with Gasteiger partial charge in [-0.3, -0.25) is 0 Å². The van der Waals surface area contributed by atoms with E-state index in [0.29, 0.717) is 11.1 Å². The van der Waals surface area contributed by atoms with E-state index in [-0.39, 0.29) is 5.56 Å². The highest BCUT2D eigenvalue weighted by Gasteiger charge is 2.12. The summed E-state index contributed by atoms with van der Waals surface area (Å²) in [4.78, 5) is 11.7. The van der Waals surface area contributed by atoms with Crippen LogP contribution in [0, 0.1) is 5.82 Å². The molecule has 4 heteroatoms. The molecule has 0 fully saturated rings. The van der Waals surface area contributed by atoms with Gasteiger partial charge in [0.05, 0.1) is 12.2 Å². The summed E-state index contributed by atoms with van der Waals surface area (Å²) in [5, 5.41) is 0. The van der Waals surface area contributed by atoms with E-state index in [9.17, 15) is 9.18 Å². The van der Waals surface area contributed by atoms with Gasteiger partial charge in [0, 0.05) is 4.47 Å². The second kappa shape index (κ2) is 9.08. The van der Waals surface area contributed by atoms with Crippen molar-refractivity contribution in [3.63, 3.8) is 0 Å². The molecule has 0 unspecified atom stereocenters. The molecular formula is C15H20BrFO2. The Morgan fingerprint density at radius 1 is 1.21 bits per heavy atom. The minimum atomic E-state index is -0.472. The second-order valence-corrected chi connectivity index (χ2v) is 5.38. The van der Waals surface area contributed by atoms with Crippen LogP contribution < -0.4 is 0 Å². The SMILES string of the molecule is CCCCCCCCOC(=O)c1cc(F)ccc1Br. The molecule has 0 N–H and O–H groups in total. The van der Waals surface area contributed by atoms with Crippen molar-refractivity contribution in [2.75, 3.05) is 6.61 Å². The van der Waals surface area contributed by atoms with Gasteiger partial charge < -0.3 is 4.74 Å². The number of benzene rings is 1. The van der Waals surface area contributed by atoms with Gasteiger partial charge in [0.15, 0.2) is 0 Å².